The maximum Gasteiger partial charge on any atom is 0.270 e. The molecular formula is C16H15N3O5. The lowest BCUT2D eigenvalue weighted by Crippen LogP contribution is -2.42. The summed E-state index contributed by atoms with van der Waals surface area (Å²) in [7, 11) is 0. The number of nitro benzene ring substituents is 1. The first kappa shape index (κ1) is 16.0. The first-order valence-electron chi connectivity index (χ1n) is 7.39. The van der Waals surface area contributed by atoms with Crippen LogP contribution in [0, 0.1) is 10.1 Å². The molecule has 2 N–H and O–H groups in total. The minimum atomic E-state index is -0.555. The van der Waals surface area contributed by atoms with Crippen molar-refractivity contribution in [2.75, 3.05) is 26.3 Å². The van der Waals surface area contributed by atoms with Crippen molar-refractivity contribution >= 4 is 28.3 Å². The Morgan fingerprint density at radius 3 is 2.58 bits per heavy atom. The van der Waals surface area contributed by atoms with E-state index in [0.29, 0.717) is 29.5 Å². The van der Waals surface area contributed by atoms with Gasteiger partial charge in [0.15, 0.2) is 0 Å². The zero-order chi connectivity index (χ0) is 17.3. The standard InChI is InChI=1S/C16H15N3O5/c17-4-6-24-7-5-18-15(20)12-3-1-2-10-8-11(19(22)23)9-13(14(10)12)16(18)21/h1-3,8-9H,4-7,17H2. The van der Waals surface area contributed by atoms with E-state index in [2.05, 4.69) is 0 Å². The molecule has 0 spiro atoms. The number of carbonyl (C=O) groups excluding carboxylic acids is 2. The number of benzene rings is 2. The fourth-order valence-electron chi connectivity index (χ4n) is 2.79. The summed E-state index contributed by atoms with van der Waals surface area (Å²) >= 11 is 0. The zero-order valence-electron chi connectivity index (χ0n) is 12.7. The van der Waals surface area contributed by atoms with Crippen molar-refractivity contribution in [3.8, 4) is 0 Å². The van der Waals surface area contributed by atoms with Gasteiger partial charge in [-0.2, -0.15) is 0 Å². The number of hydrogen-bond acceptors (Lipinski definition) is 6. The predicted molar refractivity (Wildman–Crippen MR) is 85.8 cm³/mol. The predicted octanol–water partition coefficient (Wildman–Crippen LogP) is 1.32. The second-order valence-corrected chi connectivity index (χ2v) is 5.32. The smallest absolute Gasteiger partial charge is 0.270 e. The van der Waals surface area contributed by atoms with E-state index in [9.17, 15) is 19.7 Å². The Bertz CT molecular complexity index is 849. The Balaban J connectivity index is 2.05. The average molecular weight is 329 g/mol. The maximum absolute atomic E-state index is 12.7. The van der Waals surface area contributed by atoms with Gasteiger partial charge in [-0.1, -0.05) is 12.1 Å². The van der Waals surface area contributed by atoms with Crippen LogP contribution >= 0.6 is 0 Å². The summed E-state index contributed by atoms with van der Waals surface area (Å²) in [4.78, 5) is 36.8. The molecule has 2 amide bonds. The molecule has 8 nitrogen and oxygen atoms in total. The van der Waals surface area contributed by atoms with Crippen molar-refractivity contribution in [3.05, 3.63) is 51.6 Å². The highest BCUT2D eigenvalue weighted by Crippen LogP contribution is 2.33. The molecule has 24 heavy (non-hydrogen) atoms. The van der Waals surface area contributed by atoms with Crippen LogP contribution in [0.15, 0.2) is 30.3 Å². The van der Waals surface area contributed by atoms with E-state index in [0.717, 1.165) is 4.90 Å². The van der Waals surface area contributed by atoms with Crippen molar-refractivity contribution in [1.29, 1.82) is 0 Å². The molecular weight excluding hydrogens is 314 g/mol. The van der Waals surface area contributed by atoms with E-state index >= 15 is 0 Å². The molecule has 0 atom stereocenters. The Labute approximate surface area is 136 Å². The normalized spacial score (nSPS) is 13.6. The number of ether oxygens (including phenoxy) is 1. The Morgan fingerprint density at radius 2 is 1.88 bits per heavy atom. The van der Waals surface area contributed by atoms with Crippen LogP contribution in [0.4, 0.5) is 5.69 Å². The number of rotatable bonds is 6. The highest BCUT2D eigenvalue weighted by atomic mass is 16.6. The average Bonchev–Trinajstić information content (AvgIpc) is 2.58. The summed E-state index contributed by atoms with van der Waals surface area (Å²) in [6.45, 7) is 0.898. The molecule has 1 aliphatic heterocycles. The Hall–Kier alpha value is -2.84. The van der Waals surface area contributed by atoms with Crippen molar-refractivity contribution in [2.45, 2.75) is 0 Å². The molecule has 124 valence electrons. The molecule has 8 heteroatoms. The Morgan fingerprint density at radius 1 is 1.12 bits per heavy atom. The van der Waals surface area contributed by atoms with Crippen LogP contribution in [0.1, 0.15) is 20.7 Å². The van der Waals surface area contributed by atoms with E-state index in [4.69, 9.17) is 10.5 Å². The molecule has 0 fully saturated rings. The minimum Gasteiger partial charge on any atom is -0.378 e. The van der Waals surface area contributed by atoms with Crippen molar-refractivity contribution in [2.24, 2.45) is 5.73 Å². The highest BCUT2D eigenvalue weighted by Gasteiger charge is 2.33. The summed E-state index contributed by atoms with van der Waals surface area (Å²) in [5.41, 5.74) is 5.66. The number of nitro groups is 1. The molecule has 2 aromatic rings. The lowest BCUT2D eigenvalue weighted by atomic mass is 9.93. The number of imide groups is 1. The van der Waals surface area contributed by atoms with Gasteiger partial charge < -0.3 is 10.5 Å². The number of amides is 2. The van der Waals surface area contributed by atoms with Gasteiger partial charge in [-0.3, -0.25) is 24.6 Å². The van der Waals surface area contributed by atoms with Gasteiger partial charge in [0.25, 0.3) is 17.5 Å². The third-order valence-corrected chi connectivity index (χ3v) is 3.84. The van der Waals surface area contributed by atoms with Gasteiger partial charge in [0.2, 0.25) is 0 Å². The number of carbonyl (C=O) groups is 2. The van der Waals surface area contributed by atoms with Gasteiger partial charge in [-0.05, 0) is 11.5 Å². The van der Waals surface area contributed by atoms with Gasteiger partial charge in [0.05, 0.1) is 30.2 Å². The number of nitrogens with zero attached hydrogens (tertiary/aromatic N) is 2. The van der Waals surface area contributed by atoms with E-state index in [1.165, 1.54) is 12.1 Å². The summed E-state index contributed by atoms with van der Waals surface area (Å²) in [5, 5.41) is 12.0. The third kappa shape index (κ3) is 2.61. The number of hydrogen-bond donors (Lipinski definition) is 1. The molecule has 0 bridgehead atoms. The van der Waals surface area contributed by atoms with Crippen LogP contribution < -0.4 is 5.73 Å². The molecule has 1 aliphatic rings. The molecule has 0 aromatic heterocycles. The van der Waals surface area contributed by atoms with Crippen molar-refractivity contribution in [3.63, 3.8) is 0 Å². The SMILES string of the molecule is NCCOCCN1C(=O)c2cccc3cc([N+](=O)[O-])cc(c23)C1=O. The minimum absolute atomic E-state index is 0.0657. The first-order valence-corrected chi connectivity index (χ1v) is 7.39. The molecule has 0 saturated carbocycles. The molecule has 0 radical (unpaired) electrons. The third-order valence-electron chi connectivity index (χ3n) is 3.84. The molecule has 1 heterocycles. The van der Waals surface area contributed by atoms with Gasteiger partial charge >= 0.3 is 0 Å². The molecule has 0 saturated heterocycles. The van der Waals surface area contributed by atoms with E-state index in [1.54, 1.807) is 18.2 Å². The quantitative estimate of drug-likeness (QED) is 0.370. The highest BCUT2D eigenvalue weighted by molar-refractivity contribution is 6.25. The molecule has 0 aliphatic carbocycles. The van der Waals surface area contributed by atoms with Crippen LogP contribution in [-0.2, 0) is 4.74 Å². The van der Waals surface area contributed by atoms with Gasteiger partial charge in [-0.15, -0.1) is 0 Å². The Kier molecular flexibility index (Phi) is 4.24. The summed E-state index contributed by atoms with van der Waals surface area (Å²) in [5.74, 6) is -0.980. The lowest BCUT2D eigenvalue weighted by Gasteiger charge is -2.27. The monoisotopic (exact) mass is 329 g/mol. The second-order valence-electron chi connectivity index (χ2n) is 5.32. The van der Waals surface area contributed by atoms with E-state index in [1.807, 2.05) is 0 Å². The summed E-state index contributed by atoms with van der Waals surface area (Å²) in [6.07, 6.45) is 0. The zero-order valence-corrected chi connectivity index (χ0v) is 12.7. The van der Waals surface area contributed by atoms with Gasteiger partial charge in [0.1, 0.15) is 0 Å². The van der Waals surface area contributed by atoms with Crippen LogP contribution in [0.5, 0.6) is 0 Å². The van der Waals surface area contributed by atoms with Gasteiger partial charge in [-0.25, -0.2) is 0 Å². The topological polar surface area (TPSA) is 116 Å². The van der Waals surface area contributed by atoms with E-state index < -0.39 is 16.7 Å². The van der Waals surface area contributed by atoms with Crippen LogP contribution in [0.3, 0.4) is 0 Å². The molecule has 0 unspecified atom stereocenters. The van der Waals surface area contributed by atoms with Crippen molar-refractivity contribution < 1.29 is 19.2 Å². The van der Waals surface area contributed by atoms with Crippen LogP contribution in [0.2, 0.25) is 0 Å². The van der Waals surface area contributed by atoms with Crippen molar-refractivity contribution in [1.82, 2.24) is 4.90 Å². The molecule has 2 aromatic carbocycles. The fourth-order valence-corrected chi connectivity index (χ4v) is 2.79. The van der Waals surface area contributed by atoms with Gasteiger partial charge in [0, 0.05) is 29.6 Å². The summed E-state index contributed by atoms with van der Waals surface area (Å²) < 4.78 is 5.23. The molecule has 3 rings (SSSR count). The van der Waals surface area contributed by atoms with Crippen LogP contribution in [-0.4, -0.2) is 47.9 Å². The maximum atomic E-state index is 12.7. The van der Waals surface area contributed by atoms with E-state index in [-0.39, 0.29) is 24.4 Å². The van der Waals surface area contributed by atoms with Crippen LogP contribution in [0.25, 0.3) is 10.8 Å². The summed E-state index contributed by atoms with van der Waals surface area (Å²) in [6, 6.07) is 7.48. The second kappa shape index (κ2) is 6.34. The number of non-ortho nitro benzene ring substituents is 1. The number of nitrogens with two attached hydrogens (primary N) is 1. The lowest BCUT2D eigenvalue weighted by molar-refractivity contribution is -0.384. The fraction of sp³-hybridized carbons (Fsp3) is 0.250. The first-order chi connectivity index (χ1) is 11.5. The largest absolute Gasteiger partial charge is 0.378 e.